The maximum absolute atomic E-state index is 12.1. The van der Waals surface area contributed by atoms with Crippen molar-refractivity contribution in [1.82, 2.24) is 23.7 Å². The van der Waals surface area contributed by atoms with Crippen molar-refractivity contribution < 1.29 is 44.9 Å². The number of hydrogen-bond acceptors (Lipinski definition) is 24. The summed E-state index contributed by atoms with van der Waals surface area (Å²) in [7, 11) is -3.52. The number of ether oxygens (including phenoxy) is 4. The fraction of sp³-hybridized carbons (Fsp3) is 0.356. The quantitative estimate of drug-likeness (QED) is 0.0189. The van der Waals surface area contributed by atoms with Crippen LogP contribution in [-0.2, 0) is 20.2 Å². The molecule has 0 fully saturated rings. The Morgan fingerprint density at radius 1 is 0.575 bits per heavy atom. The minimum atomic E-state index is -4.61. The predicted octanol–water partition coefficient (Wildman–Crippen LogP) is 11.5. The van der Waals surface area contributed by atoms with Crippen LogP contribution in [0.15, 0.2) is 83.9 Å². The third kappa shape index (κ3) is 12.3. The van der Waals surface area contributed by atoms with Gasteiger partial charge in [-0.15, -0.1) is 20.5 Å². The third-order valence-electron chi connectivity index (χ3n) is 11.2. The SMILES string of the molecule is CCCCSc1nc(Nc2cc(N(CC)CC)c(OC)cc2N=Nc2snc3cc(S(=O)(=O)O)c(OC)cc23)nc(Nc2cc(N(CC)CC)c(OC)cc2N=Nc2snc3cc(S(=O)(=O)O)c(OC)cc23)n1. The van der Waals surface area contributed by atoms with E-state index in [1.165, 1.54) is 50.2 Å². The lowest BCUT2D eigenvalue weighted by atomic mass is 10.2. The van der Waals surface area contributed by atoms with Gasteiger partial charge in [0, 0.05) is 54.8 Å². The molecule has 4 N–H and O–H groups in total. The van der Waals surface area contributed by atoms with E-state index < -0.39 is 30.0 Å². The zero-order valence-electron chi connectivity index (χ0n) is 41.2. The van der Waals surface area contributed by atoms with Crippen LogP contribution in [0.3, 0.4) is 0 Å². The van der Waals surface area contributed by atoms with Crippen LogP contribution in [0.25, 0.3) is 21.8 Å². The summed E-state index contributed by atoms with van der Waals surface area (Å²) < 4.78 is 99.2. The lowest BCUT2D eigenvalue weighted by Crippen LogP contribution is -2.22. The average Bonchev–Trinajstić information content (AvgIpc) is 3.97. The van der Waals surface area contributed by atoms with E-state index in [0.29, 0.717) is 86.4 Å². The number of benzene rings is 4. The molecule has 3 aromatic heterocycles. The van der Waals surface area contributed by atoms with Crippen LogP contribution >= 0.6 is 34.8 Å². The summed E-state index contributed by atoms with van der Waals surface area (Å²) in [5.41, 5.74) is 3.60. The summed E-state index contributed by atoms with van der Waals surface area (Å²) >= 11 is 3.41. The summed E-state index contributed by atoms with van der Waals surface area (Å²) in [6, 6.07) is 12.5. The number of nitrogens with one attached hydrogen (secondary N) is 2. The third-order valence-corrected chi connectivity index (χ3v) is 15.4. The summed E-state index contributed by atoms with van der Waals surface area (Å²) in [5.74, 6) is 1.89. The highest BCUT2D eigenvalue weighted by Crippen LogP contribution is 2.45. The van der Waals surface area contributed by atoms with Crippen molar-refractivity contribution in [2.45, 2.75) is 62.4 Å². The Hall–Kier alpha value is -6.56. The molecule has 3 heterocycles. The number of nitrogens with zero attached hydrogens (tertiary/aromatic N) is 11. The molecule has 4 aromatic carbocycles. The molecule has 28 heteroatoms. The van der Waals surface area contributed by atoms with E-state index in [1.54, 1.807) is 26.4 Å². The van der Waals surface area contributed by atoms with E-state index in [1.807, 2.05) is 39.8 Å². The molecule has 0 saturated carbocycles. The van der Waals surface area contributed by atoms with Crippen molar-refractivity contribution in [2.24, 2.45) is 20.5 Å². The fourth-order valence-electron chi connectivity index (χ4n) is 7.45. The zero-order valence-corrected chi connectivity index (χ0v) is 45.3. The normalized spacial score (nSPS) is 12.0. The van der Waals surface area contributed by atoms with Crippen LogP contribution in [0.5, 0.6) is 23.0 Å². The van der Waals surface area contributed by atoms with Crippen molar-refractivity contribution in [1.29, 1.82) is 0 Å². The van der Waals surface area contributed by atoms with Gasteiger partial charge in [-0.3, -0.25) is 9.11 Å². The molecule has 388 valence electrons. The molecule has 0 saturated heterocycles. The lowest BCUT2D eigenvalue weighted by Gasteiger charge is -2.25. The first-order chi connectivity index (χ1) is 35.0. The van der Waals surface area contributed by atoms with Crippen LogP contribution < -0.4 is 39.4 Å². The van der Waals surface area contributed by atoms with Gasteiger partial charge >= 0.3 is 0 Å². The highest BCUT2D eigenvalue weighted by atomic mass is 32.2. The Labute approximate surface area is 434 Å². The molecule has 23 nitrogen and oxygen atoms in total. The Bertz CT molecular complexity index is 3200. The van der Waals surface area contributed by atoms with Gasteiger partial charge in [0.15, 0.2) is 15.2 Å². The van der Waals surface area contributed by atoms with Gasteiger partial charge < -0.3 is 39.4 Å². The molecule has 0 atom stereocenters. The number of unbranched alkanes of at least 4 members (excludes halogenated alkanes) is 1. The maximum atomic E-state index is 12.1. The van der Waals surface area contributed by atoms with Crippen molar-refractivity contribution in [3.63, 3.8) is 0 Å². The molecule has 7 rings (SSSR count). The van der Waals surface area contributed by atoms with E-state index in [9.17, 15) is 25.9 Å². The largest absolute Gasteiger partial charge is 0.495 e. The van der Waals surface area contributed by atoms with Gasteiger partial charge in [-0.1, -0.05) is 25.1 Å². The van der Waals surface area contributed by atoms with Crippen molar-refractivity contribution in [3.8, 4) is 23.0 Å². The second-order valence-electron chi connectivity index (χ2n) is 15.5. The Morgan fingerprint density at radius 2 is 0.986 bits per heavy atom. The van der Waals surface area contributed by atoms with Crippen LogP contribution in [0.1, 0.15) is 47.5 Å². The smallest absolute Gasteiger partial charge is 0.298 e. The molecule has 0 aliphatic rings. The molecular weight excluding hydrogens is 1040 g/mol. The summed E-state index contributed by atoms with van der Waals surface area (Å²) in [6.45, 7) is 12.8. The Kier molecular flexibility index (Phi) is 17.5. The highest BCUT2D eigenvalue weighted by molar-refractivity contribution is 7.99. The van der Waals surface area contributed by atoms with Crippen LogP contribution in [-0.4, -0.2) is 110 Å². The molecule has 0 aliphatic heterocycles. The molecule has 7 aromatic rings. The molecule has 73 heavy (non-hydrogen) atoms. The average molecular weight is 1100 g/mol. The fourth-order valence-corrected chi connectivity index (χ4v) is 11.0. The zero-order chi connectivity index (χ0) is 52.6. The molecular formula is C45H53N13O10S5. The number of methoxy groups -OCH3 is 4. The molecule has 0 aliphatic carbocycles. The number of anilines is 6. The number of aromatic nitrogens is 5. The first-order valence-electron chi connectivity index (χ1n) is 22.6. The van der Waals surface area contributed by atoms with Gasteiger partial charge in [0.2, 0.25) is 11.9 Å². The number of thioether (sulfide) groups is 1. The molecule has 0 radical (unpaired) electrons. The first kappa shape index (κ1) is 54.2. The minimum absolute atomic E-state index is 0.0890. The summed E-state index contributed by atoms with van der Waals surface area (Å²) in [4.78, 5) is 17.9. The van der Waals surface area contributed by atoms with Gasteiger partial charge in [-0.05, 0) is 93.6 Å². The van der Waals surface area contributed by atoms with E-state index in [4.69, 9.17) is 33.9 Å². The van der Waals surface area contributed by atoms with Gasteiger partial charge in [0.05, 0.1) is 62.2 Å². The van der Waals surface area contributed by atoms with Crippen LogP contribution in [0.2, 0.25) is 0 Å². The number of hydrogen-bond donors (Lipinski definition) is 4. The maximum Gasteiger partial charge on any atom is 0.298 e. The second-order valence-corrected chi connectivity index (χ2v) is 20.9. The molecule has 0 spiro atoms. The lowest BCUT2D eigenvalue weighted by molar-refractivity contribution is 0.398. The van der Waals surface area contributed by atoms with Crippen molar-refractivity contribution in [2.75, 3.05) is 80.8 Å². The minimum Gasteiger partial charge on any atom is -0.495 e. The number of rotatable bonds is 24. The van der Waals surface area contributed by atoms with Crippen molar-refractivity contribution >= 4 is 133 Å². The standard InChI is InChI=1S/C45H53N13O10S5/c1-10-15-16-69-45-49-43(46-29-19-33(57(11-2)12-3)35(65-6)21-31(29)51-53-41-25-17-37(67-8)39(72(59,60)61)23-27(25)55-70-41)48-44(50-45)47-30-20-34(58(13-4)14-5)36(66-7)22-32(30)52-54-42-26-18-38(68-9)40(73(62,63)64)24-28(26)56-71-42/h17-24H,10-16H2,1-9H3,(H,59,60,61)(H,62,63,64)(H2,46,47,48,49,50). The summed E-state index contributed by atoms with van der Waals surface area (Å²) in [6.07, 6.45) is 1.85. The second kappa shape index (κ2) is 23.5. The topological polar surface area (TPSA) is 290 Å². The monoisotopic (exact) mass is 1100 g/mol. The van der Waals surface area contributed by atoms with Gasteiger partial charge in [-0.25, -0.2) is 0 Å². The van der Waals surface area contributed by atoms with Gasteiger partial charge in [0.25, 0.3) is 20.2 Å². The van der Waals surface area contributed by atoms with Crippen LogP contribution in [0, 0.1) is 0 Å². The molecule has 0 unspecified atom stereocenters. The van der Waals surface area contributed by atoms with Gasteiger partial charge in [-0.2, -0.15) is 40.5 Å². The van der Waals surface area contributed by atoms with Crippen molar-refractivity contribution in [3.05, 3.63) is 48.5 Å². The molecule has 0 bridgehead atoms. The van der Waals surface area contributed by atoms with E-state index in [2.05, 4.69) is 56.6 Å². The van der Waals surface area contributed by atoms with E-state index in [-0.39, 0.29) is 34.4 Å². The number of azo groups is 2. The number of fused-ring (bicyclic) bond motifs is 2. The van der Waals surface area contributed by atoms with Crippen LogP contribution in [0.4, 0.5) is 56.0 Å². The Balaban J connectivity index is 1.34. The molecule has 0 amide bonds. The van der Waals surface area contributed by atoms with Gasteiger partial charge in [0.1, 0.15) is 44.2 Å². The first-order valence-corrected chi connectivity index (χ1v) is 28.0. The van der Waals surface area contributed by atoms with E-state index in [0.717, 1.165) is 53.0 Å². The Morgan fingerprint density at radius 3 is 1.34 bits per heavy atom. The highest BCUT2D eigenvalue weighted by Gasteiger charge is 2.24. The summed E-state index contributed by atoms with van der Waals surface area (Å²) in [5, 5.41) is 27.2. The van der Waals surface area contributed by atoms with E-state index >= 15 is 0 Å². The predicted molar refractivity (Wildman–Crippen MR) is 285 cm³/mol.